The van der Waals surface area contributed by atoms with Crippen LogP contribution in [0, 0.1) is 18.8 Å². The number of aryl methyl sites for hydroxylation is 1. The maximum Gasteiger partial charge on any atom is 0.222 e. The first-order chi connectivity index (χ1) is 26.9. The van der Waals surface area contributed by atoms with Gasteiger partial charge < -0.3 is 45.1 Å². The van der Waals surface area contributed by atoms with E-state index in [1.54, 1.807) is 19.2 Å². The minimum Gasteiger partial charge on any atom is -0.508 e. The zero-order chi connectivity index (χ0) is 39.4. The number of rotatable bonds is 12. The van der Waals surface area contributed by atoms with Crippen molar-refractivity contribution < 1.29 is 59.3 Å². The van der Waals surface area contributed by atoms with Crippen molar-refractivity contribution in [3.63, 3.8) is 0 Å². The molecule has 4 aliphatic heterocycles. The Morgan fingerprint density at radius 3 is 2.68 bits per heavy atom. The fourth-order valence-electron chi connectivity index (χ4n) is 8.67. The van der Waals surface area contributed by atoms with Gasteiger partial charge in [0.05, 0.1) is 17.6 Å². The molecule has 8 rings (SSSR count). The molecule has 9 unspecified atom stereocenters. The van der Waals surface area contributed by atoms with Crippen LogP contribution >= 0.6 is 0 Å². The molecule has 1 aliphatic carbocycles. The number of phenols is 1. The molecule has 0 radical (unpaired) electrons. The summed E-state index contributed by atoms with van der Waals surface area (Å²) in [5.41, 5.74) is 0.489. The lowest BCUT2D eigenvalue weighted by Crippen LogP contribution is -3.01. The second-order valence-corrected chi connectivity index (χ2v) is 15.6. The Labute approximate surface area is 321 Å². The maximum atomic E-state index is 13.5. The third-order valence-electron chi connectivity index (χ3n) is 11.7. The van der Waals surface area contributed by atoms with Gasteiger partial charge in [-0.1, -0.05) is 24.3 Å². The van der Waals surface area contributed by atoms with E-state index in [0.717, 1.165) is 16.2 Å². The van der Waals surface area contributed by atoms with Crippen LogP contribution in [-0.2, 0) is 27.4 Å². The second kappa shape index (κ2) is 15.0. The van der Waals surface area contributed by atoms with Crippen molar-refractivity contribution in [2.45, 2.75) is 74.6 Å². The fourth-order valence-corrected chi connectivity index (χ4v) is 8.67. The van der Waals surface area contributed by atoms with Gasteiger partial charge in [-0.3, -0.25) is 19.5 Å². The van der Waals surface area contributed by atoms with Crippen LogP contribution in [0.4, 0.5) is 5.69 Å². The number of allylic oxidation sites excluding steroid dienone is 2. The highest BCUT2D eigenvalue weighted by Gasteiger charge is 2.53. The van der Waals surface area contributed by atoms with Gasteiger partial charge in [-0.25, -0.2) is 9.78 Å². The van der Waals surface area contributed by atoms with Gasteiger partial charge in [0.25, 0.3) is 0 Å². The van der Waals surface area contributed by atoms with Crippen LogP contribution in [0.5, 0.6) is 11.5 Å². The molecule has 1 saturated heterocycles. The van der Waals surface area contributed by atoms with E-state index in [2.05, 4.69) is 16.4 Å². The Bertz CT molecular complexity index is 2200. The molecular formula is C41H46N3O12+. The standard InChI is InChI=1S/C41H45N3O12/c1-22-11-31(47)29-12-26-13-33(56-53-21-40(52,39(51)36(50)32(48)20-45)15-23-4-6-28(46)7-5-23)41(9-2-3-24(16-41)27-14-34(49)43-17-27)55-37(26)35(38(29)54-22)44-18-25-8-10-42-30(25)19-44/h2-8,10-12,18,24,27,32-33,36,39,45-46,48,50-52H,9,13-17,19-21H2,1H3,(H,43,49)/p+1. The van der Waals surface area contributed by atoms with Gasteiger partial charge in [-0.2, -0.15) is 0 Å². The van der Waals surface area contributed by atoms with Gasteiger partial charge in [0.1, 0.15) is 72.2 Å². The van der Waals surface area contributed by atoms with Gasteiger partial charge in [0, 0.05) is 50.1 Å². The van der Waals surface area contributed by atoms with Crippen LogP contribution in [0.3, 0.4) is 0 Å². The molecule has 15 heteroatoms. The number of ether oxygens (including phenoxy) is 1. The van der Waals surface area contributed by atoms with Crippen molar-refractivity contribution >= 4 is 28.3 Å². The van der Waals surface area contributed by atoms with E-state index in [1.165, 1.54) is 30.3 Å². The molecule has 1 aromatic heterocycles. The second-order valence-electron chi connectivity index (χ2n) is 15.6. The number of quaternary nitrogens is 1. The summed E-state index contributed by atoms with van der Waals surface area (Å²) < 4.78 is 13.5. The minimum atomic E-state index is -2.26. The lowest BCUT2D eigenvalue weighted by atomic mass is 9.71. The first kappa shape index (κ1) is 38.2. The number of hydrogen-bond acceptors (Lipinski definition) is 13. The van der Waals surface area contributed by atoms with Crippen LogP contribution in [-0.4, -0.2) is 104 Å². The number of carbonyl (C=O) groups excluding carboxylic acids is 1. The molecule has 9 atom stereocenters. The number of hydrogen-bond donors (Lipinski definition) is 8. The Morgan fingerprint density at radius 2 is 1.95 bits per heavy atom. The molecule has 0 saturated carbocycles. The molecule has 5 heterocycles. The van der Waals surface area contributed by atoms with Gasteiger partial charge >= 0.3 is 0 Å². The monoisotopic (exact) mass is 772 g/mol. The zero-order valence-electron chi connectivity index (χ0n) is 30.8. The summed E-state index contributed by atoms with van der Waals surface area (Å²) in [5, 5.41) is 66.5. The van der Waals surface area contributed by atoms with Crippen molar-refractivity contribution in [1.29, 1.82) is 0 Å². The van der Waals surface area contributed by atoms with Crippen molar-refractivity contribution in [2.75, 3.05) is 26.3 Å². The molecule has 1 fully saturated rings. The van der Waals surface area contributed by atoms with Crippen molar-refractivity contribution in [3.05, 3.63) is 99.7 Å². The van der Waals surface area contributed by atoms with E-state index >= 15 is 0 Å². The first-order valence-electron chi connectivity index (χ1n) is 18.8. The largest absolute Gasteiger partial charge is 0.508 e. The van der Waals surface area contributed by atoms with Crippen LogP contribution in [0.25, 0.3) is 11.0 Å². The highest BCUT2D eigenvalue weighted by molar-refractivity contribution is 6.07. The third-order valence-corrected chi connectivity index (χ3v) is 11.7. The van der Waals surface area contributed by atoms with Gasteiger partial charge in [-0.15, -0.1) is 0 Å². The summed E-state index contributed by atoms with van der Waals surface area (Å²) in [6.45, 7) is 1.16. The van der Waals surface area contributed by atoms with E-state index in [1.807, 2.05) is 18.4 Å². The summed E-state index contributed by atoms with van der Waals surface area (Å²) in [6.07, 6.45) is 4.30. The number of aliphatic hydroxyl groups is 5. The highest BCUT2D eigenvalue weighted by atomic mass is 17.2. The van der Waals surface area contributed by atoms with E-state index in [-0.39, 0.29) is 41.8 Å². The van der Waals surface area contributed by atoms with Gasteiger partial charge in [-0.05, 0) is 55.0 Å². The normalized spacial score (nSPS) is 27.9. The van der Waals surface area contributed by atoms with E-state index in [4.69, 9.17) is 18.9 Å². The molecule has 1 spiro atoms. The molecule has 296 valence electrons. The summed E-state index contributed by atoms with van der Waals surface area (Å²) in [7, 11) is 0. The van der Waals surface area contributed by atoms with Crippen LogP contribution in [0.15, 0.2) is 86.8 Å². The van der Waals surface area contributed by atoms with Crippen molar-refractivity contribution in [1.82, 2.24) is 5.32 Å². The number of aliphatic hydroxyl groups excluding tert-OH is 4. The Balaban J connectivity index is 1.17. The molecule has 0 bridgehead atoms. The number of amides is 1. The molecule has 56 heavy (non-hydrogen) atoms. The summed E-state index contributed by atoms with van der Waals surface area (Å²) >= 11 is 0. The SMILES string of the molecule is Cc1cc(=O)c2cc3c(c([NH+]4C=C5C=CN=C5C4)c2o1)OC1(CC=CC(C2CNC(=O)C2)C1)C(OOCC(O)(Cc1ccc(O)cc1)C(O)C(O)C(O)CO)C3. The fraction of sp³-hybridized carbons (Fsp3) is 0.439. The number of nitrogens with zero attached hydrogens (tertiary/aromatic N) is 1. The first-order valence-corrected chi connectivity index (χ1v) is 18.8. The average Bonchev–Trinajstić information content (AvgIpc) is 3.92. The summed E-state index contributed by atoms with van der Waals surface area (Å²) in [4.78, 5) is 43.3. The van der Waals surface area contributed by atoms with E-state index in [0.29, 0.717) is 71.6 Å². The number of nitrogens with one attached hydrogen (secondary N) is 2. The van der Waals surface area contributed by atoms with Crippen molar-refractivity contribution in [2.24, 2.45) is 16.8 Å². The quantitative estimate of drug-likeness (QED) is 0.0709. The minimum absolute atomic E-state index is 0.00216. The van der Waals surface area contributed by atoms with E-state index < -0.39 is 48.8 Å². The predicted molar refractivity (Wildman–Crippen MR) is 200 cm³/mol. The van der Waals surface area contributed by atoms with Gasteiger partial charge in [0.2, 0.25) is 17.2 Å². The number of carbonyl (C=O) groups is 1. The van der Waals surface area contributed by atoms with Crippen molar-refractivity contribution in [3.8, 4) is 11.5 Å². The highest BCUT2D eigenvalue weighted by Crippen LogP contribution is 2.49. The average molecular weight is 773 g/mol. The number of phenolic OH excluding ortho intramolecular Hbond substituents is 1. The zero-order valence-corrected chi connectivity index (χ0v) is 30.8. The molecule has 3 aromatic rings. The lowest BCUT2D eigenvalue weighted by Gasteiger charge is -2.47. The van der Waals surface area contributed by atoms with Gasteiger partial charge in [0.15, 0.2) is 11.2 Å². The Morgan fingerprint density at radius 1 is 1.14 bits per heavy atom. The molecule has 5 aliphatic rings. The Hall–Kier alpha value is -4.71. The number of benzene rings is 2. The number of aromatic hydroxyl groups is 1. The van der Waals surface area contributed by atoms with Crippen LogP contribution < -0.4 is 20.4 Å². The third kappa shape index (κ3) is 7.09. The number of fused-ring (bicyclic) bond motifs is 3. The topological polar surface area (TPSA) is 225 Å². The molecule has 8 N–H and O–H groups in total. The summed E-state index contributed by atoms with van der Waals surface area (Å²) in [6, 6.07) is 9.03. The molecule has 1 amide bonds. The predicted octanol–water partition coefficient (Wildman–Crippen LogP) is 0.331. The van der Waals surface area contributed by atoms with E-state index in [9.17, 15) is 40.2 Å². The van der Waals surface area contributed by atoms with Crippen LogP contribution in [0.2, 0.25) is 0 Å². The summed E-state index contributed by atoms with van der Waals surface area (Å²) in [5.74, 6) is 0.864. The number of aliphatic imine (C=N–C) groups is 1. The molecular weight excluding hydrogens is 726 g/mol. The Kier molecular flexibility index (Phi) is 10.2. The molecule has 15 nitrogen and oxygen atoms in total. The maximum absolute atomic E-state index is 13.5. The molecule has 2 aromatic carbocycles. The lowest BCUT2D eigenvalue weighted by molar-refractivity contribution is -0.759. The van der Waals surface area contributed by atoms with Crippen LogP contribution in [0.1, 0.15) is 36.1 Å². The smallest absolute Gasteiger partial charge is 0.222 e.